The van der Waals surface area contributed by atoms with Gasteiger partial charge in [-0.05, 0) is 26.0 Å². The molecule has 1 atom stereocenters. The Morgan fingerprint density at radius 2 is 2.12 bits per heavy atom. The van der Waals surface area contributed by atoms with Crippen LogP contribution in [0.25, 0.3) is 0 Å². The van der Waals surface area contributed by atoms with E-state index in [1.807, 2.05) is 37.4 Å². The fourth-order valence-electron chi connectivity index (χ4n) is 1.46. The van der Waals surface area contributed by atoms with Crippen molar-refractivity contribution in [2.24, 2.45) is 0 Å². The lowest BCUT2D eigenvalue weighted by Crippen LogP contribution is -2.04. The Morgan fingerprint density at radius 1 is 1.38 bits per heavy atom. The number of nitrogens with zero attached hydrogens (tertiary/aromatic N) is 1. The van der Waals surface area contributed by atoms with Crippen LogP contribution in [-0.4, -0.2) is 4.98 Å². The first-order chi connectivity index (χ1) is 7.66. The summed E-state index contributed by atoms with van der Waals surface area (Å²) in [5.41, 5.74) is 0.961. The standard InChI is InChI=1S/C12H13ClN2S/c1-8(12-7-14-9(2)16-12)15-11-6-4-3-5-10(11)13/h3-8,15H,1-2H3. The minimum atomic E-state index is 0.228. The van der Waals surface area contributed by atoms with E-state index in [-0.39, 0.29) is 6.04 Å². The molecule has 1 aromatic carbocycles. The van der Waals surface area contributed by atoms with Crippen molar-refractivity contribution >= 4 is 28.6 Å². The number of anilines is 1. The number of hydrogen-bond donors (Lipinski definition) is 1. The first-order valence-electron chi connectivity index (χ1n) is 5.10. The average molecular weight is 253 g/mol. The Labute approximate surface area is 104 Å². The second-order valence-electron chi connectivity index (χ2n) is 3.63. The fraction of sp³-hybridized carbons (Fsp3) is 0.250. The lowest BCUT2D eigenvalue weighted by molar-refractivity contribution is 0.903. The van der Waals surface area contributed by atoms with E-state index in [1.165, 1.54) is 4.88 Å². The number of rotatable bonds is 3. The third-order valence-corrected chi connectivity index (χ3v) is 3.74. The van der Waals surface area contributed by atoms with Gasteiger partial charge in [-0.3, -0.25) is 0 Å². The minimum Gasteiger partial charge on any atom is -0.376 e. The number of halogens is 1. The lowest BCUT2D eigenvalue weighted by atomic mass is 10.2. The first-order valence-corrected chi connectivity index (χ1v) is 6.29. The summed E-state index contributed by atoms with van der Waals surface area (Å²) in [5, 5.41) is 5.21. The maximum Gasteiger partial charge on any atom is 0.0897 e. The fourth-order valence-corrected chi connectivity index (χ4v) is 2.44. The molecule has 1 heterocycles. The summed E-state index contributed by atoms with van der Waals surface area (Å²) < 4.78 is 0. The summed E-state index contributed by atoms with van der Waals surface area (Å²) in [5.74, 6) is 0. The highest BCUT2D eigenvalue weighted by atomic mass is 35.5. The first kappa shape index (κ1) is 11.4. The normalized spacial score (nSPS) is 12.4. The van der Waals surface area contributed by atoms with Gasteiger partial charge in [0.05, 0.1) is 21.8 Å². The van der Waals surface area contributed by atoms with E-state index in [9.17, 15) is 0 Å². The van der Waals surface area contributed by atoms with Gasteiger partial charge >= 0.3 is 0 Å². The molecule has 0 saturated carbocycles. The smallest absolute Gasteiger partial charge is 0.0897 e. The Bertz CT molecular complexity index is 481. The van der Waals surface area contributed by atoms with Gasteiger partial charge in [0.2, 0.25) is 0 Å². The monoisotopic (exact) mass is 252 g/mol. The van der Waals surface area contributed by atoms with Gasteiger partial charge < -0.3 is 5.32 Å². The van der Waals surface area contributed by atoms with Gasteiger partial charge in [0, 0.05) is 11.1 Å². The zero-order chi connectivity index (χ0) is 11.5. The van der Waals surface area contributed by atoms with Crippen LogP contribution < -0.4 is 5.32 Å². The molecule has 2 aromatic rings. The van der Waals surface area contributed by atoms with Gasteiger partial charge in [0.25, 0.3) is 0 Å². The second-order valence-corrected chi connectivity index (χ2v) is 5.30. The third kappa shape index (κ3) is 2.54. The van der Waals surface area contributed by atoms with Crippen molar-refractivity contribution in [3.8, 4) is 0 Å². The van der Waals surface area contributed by atoms with E-state index in [1.54, 1.807) is 11.3 Å². The van der Waals surface area contributed by atoms with Crippen LogP contribution in [0.1, 0.15) is 22.9 Å². The summed E-state index contributed by atoms with van der Waals surface area (Å²) >= 11 is 7.79. The van der Waals surface area contributed by atoms with Gasteiger partial charge in [-0.25, -0.2) is 4.98 Å². The zero-order valence-corrected chi connectivity index (χ0v) is 10.8. The van der Waals surface area contributed by atoms with Crippen molar-refractivity contribution in [2.45, 2.75) is 19.9 Å². The molecule has 1 unspecified atom stereocenters. The van der Waals surface area contributed by atoms with E-state index in [4.69, 9.17) is 11.6 Å². The van der Waals surface area contributed by atoms with E-state index < -0.39 is 0 Å². The van der Waals surface area contributed by atoms with Crippen molar-refractivity contribution in [1.29, 1.82) is 0 Å². The van der Waals surface area contributed by atoms with Crippen LogP contribution in [0.2, 0.25) is 5.02 Å². The van der Waals surface area contributed by atoms with Gasteiger partial charge in [-0.2, -0.15) is 0 Å². The molecule has 0 aliphatic heterocycles. The SMILES string of the molecule is Cc1ncc(C(C)Nc2ccccc2Cl)s1. The molecule has 0 saturated heterocycles. The van der Waals surface area contributed by atoms with Crippen LogP contribution >= 0.6 is 22.9 Å². The molecule has 0 amide bonds. The molecule has 0 aliphatic carbocycles. The maximum absolute atomic E-state index is 6.09. The third-order valence-electron chi connectivity index (χ3n) is 2.31. The Kier molecular flexibility index (Phi) is 3.46. The molecule has 0 radical (unpaired) electrons. The van der Waals surface area contributed by atoms with Crippen molar-refractivity contribution in [2.75, 3.05) is 5.32 Å². The average Bonchev–Trinajstić information content (AvgIpc) is 2.68. The number of aromatic nitrogens is 1. The highest BCUT2D eigenvalue weighted by Crippen LogP contribution is 2.27. The summed E-state index contributed by atoms with van der Waals surface area (Å²) in [6.45, 7) is 4.12. The molecule has 0 spiro atoms. The number of para-hydroxylation sites is 1. The summed E-state index contributed by atoms with van der Waals surface area (Å²) in [6, 6.07) is 7.99. The van der Waals surface area contributed by atoms with E-state index >= 15 is 0 Å². The van der Waals surface area contributed by atoms with Crippen molar-refractivity contribution < 1.29 is 0 Å². The Hall–Kier alpha value is -1.06. The molecular formula is C12H13ClN2S. The lowest BCUT2D eigenvalue weighted by Gasteiger charge is -2.14. The second kappa shape index (κ2) is 4.85. The summed E-state index contributed by atoms with van der Waals surface area (Å²) in [7, 11) is 0. The van der Waals surface area contributed by atoms with Crippen LogP contribution in [0.4, 0.5) is 5.69 Å². The topological polar surface area (TPSA) is 24.9 Å². The number of hydrogen-bond acceptors (Lipinski definition) is 3. The van der Waals surface area contributed by atoms with E-state index in [2.05, 4.69) is 17.2 Å². The van der Waals surface area contributed by atoms with Gasteiger partial charge in [-0.15, -0.1) is 11.3 Å². The molecule has 4 heteroatoms. The highest BCUT2D eigenvalue weighted by Gasteiger charge is 2.09. The van der Waals surface area contributed by atoms with Crippen LogP contribution in [0, 0.1) is 6.92 Å². The molecule has 2 rings (SSSR count). The van der Waals surface area contributed by atoms with Gasteiger partial charge in [-0.1, -0.05) is 23.7 Å². The van der Waals surface area contributed by atoms with Crippen molar-refractivity contribution in [3.05, 3.63) is 45.4 Å². The van der Waals surface area contributed by atoms with Crippen molar-refractivity contribution in [3.63, 3.8) is 0 Å². The highest BCUT2D eigenvalue weighted by molar-refractivity contribution is 7.11. The molecular weight excluding hydrogens is 240 g/mol. The number of nitrogens with one attached hydrogen (secondary N) is 1. The van der Waals surface area contributed by atoms with Crippen LogP contribution in [-0.2, 0) is 0 Å². The molecule has 2 nitrogen and oxygen atoms in total. The van der Waals surface area contributed by atoms with Crippen LogP contribution in [0.15, 0.2) is 30.5 Å². The Balaban J connectivity index is 2.13. The quantitative estimate of drug-likeness (QED) is 0.882. The summed E-state index contributed by atoms with van der Waals surface area (Å²) in [4.78, 5) is 5.47. The number of benzene rings is 1. The molecule has 1 aromatic heterocycles. The van der Waals surface area contributed by atoms with Crippen LogP contribution in [0.3, 0.4) is 0 Å². The molecule has 0 aliphatic rings. The molecule has 0 bridgehead atoms. The molecule has 0 fully saturated rings. The van der Waals surface area contributed by atoms with Gasteiger partial charge in [0.15, 0.2) is 0 Å². The Morgan fingerprint density at radius 3 is 2.75 bits per heavy atom. The van der Waals surface area contributed by atoms with Crippen molar-refractivity contribution in [1.82, 2.24) is 4.98 Å². The largest absolute Gasteiger partial charge is 0.376 e. The maximum atomic E-state index is 6.09. The number of thiazole rings is 1. The van der Waals surface area contributed by atoms with Crippen LogP contribution in [0.5, 0.6) is 0 Å². The van der Waals surface area contributed by atoms with E-state index in [0.29, 0.717) is 0 Å². The van der Waals surface area contributed by atoms with E-state index in [0.717, 1.165) is 15.7 Å². The zero-order valence-electron chi connectivity index (χ0n) is 9.20. The predicted octanol–water partition coefficient (Wildman–Crippen LogP) is 4.28. The van der Waals surface area contributed by atoms with Gasteiger partial charge in [0.1, 0.15) is 0 Å². The summed E-state index contributed by atoms with van der Waals surface area (Å²) in [6.07, 6.45) is 1.91. The number of aryl methyl sites for hydroxylation is 1. The minimum absolute atomic E-state index is 0.228. The molecule has 84 valence electrons. The predicted molar refractivity (Wildman–Crippen MR) is 70.3 cm³/mol. The molecule has 1 N–H and O–H groups in total. The molecule has 16 heavy (non-hydrogen) atoms.